The zero-order valence-electron chi connectivity index (χ0n) is 8.39. The van der Waals surface area contributed by atoms with Gasteiger partial charge in [0.25, 0.3) is 10.0 Å². The van der Waals surface area contributed by atoms with Crippen LogP contribution in [-0.4, -0.2) is 24.7 Å². The lowest BCUT2D eigenvalue weighted by Crippen LogP contribution is -2.28. The summed E-state index contributed by atoms with van der Waals surface area (Å²) in [4.78, 5) is 0. The predicted molar refractivity (Wildman–Crippen MR) is 56.8 cm³/mol. The first-order valence-corrected chi connectivity index (χ1v) is 6.72. The first kappa shape index (κ1) is 10.8. The number of nitrogens with zero attached hydrogens (tertiary/aromatic N) is 2. The molecule has 0 aliphatic heterocycles. The van der Waals surface area contributed by atoms with Gasteiger partial charge in [-0.2, -0.15) is 0 Å². The molecule has 1 atom stereocenters. The first-order chi connectivity index (χ1) is 6.81. The molecule has 0 radical (unpaired) electrons. The molecular weight excluding hydrogens is 236 g/mol. The molecule has 0 bridgehead atoms. The van der Waals surface area contributed by atoms with Gasteiger partial charge in [-0.1, -0.05) is 25.2 Å². The van der Waals surface area contributed by atoms with Crippen LogP contribution in [0.3, 0.4) is 0 Å². The molecule has 0 spiro atoms. The molecule has 2 rings (SSSR count). The highest BCUT2D eigenvalue weighted by atomic mass is 32.2. The van der Waals surface area contributed by atoms with Crippen molar-refractivity contribution in [3.63, 3.8) is 0 Å². The Hall–Kier alpha value is -0.730. The SMILES string of the molecule is CC1(C)CC1NS(=O)(=O)c1nnc(N)s1. The normalized spacial score (nSPS) is 24.0. The molecule has 1 heterocycles. The van der Waals surface area contributed by atoms with Crippen LogP contribution in [0.25, 0.3) is 0 Å². The Morgan fingerprint density at radius 3 is 2.53 bits per heavy atom. The quantitative estimate of drug-likeness (QED) is 0.796. The predicted octanol–water partition coefficient (Wildman–Crippen LogP) is 0.197. The fourth-order valence-electron chi connectivity index (χ4n) is 1.24. The van der Waals surface area contributed by atoms with Crippen molar-refractivity contribution < 1.29 is 8.42 Å². The fourth-order valence-corrected chi connectivity index (χ4v) is 3.44. The molecule has 0 saturated heterocycles. The summed E-state index contributed by atoms with van der Waals surface area (Å²) in [6, 6.07) is -0.00683. The lowest BCUT2D eigenvalue weighted by Gasteiger charge is -2.04. The summed E-state index contributed by atoms with van der Waals surface area (Å²) in [5, 5.41) is 7.14. The minimum absolute atomic E-state index is 0.00683. The summed E-state index contributed by atoms with van der Waals surface area (Å²) in [6.07, 6.45) is 0.848. The Bertz CT molecular complexity index is 479. The van der Waals surface area contributed by atoms with E-state index in [2.05, 4.69) is 14.9 Å². The van der Waals surface area contributed by atoms with Crippen LogP contribution in [0, 0.1) is 5.41 Å². The second-order valence-corrected chi connectivity index (χ2v) is 7.17. The number of nitrogens with one attached hydrogen (secondary N) is 1. The van der Waals surface area contributed by atoms with E-state index in [1.54, 1.807) is 0 Å². The lowest BCUT2D eigenvalue weighted by molar-refractivity contribution is 0.553. The highest BCUT2D eigenvalue weighted by Gasteiger charge is 2.48. The summed E-state index contributed by atoms with van der Waals surface area (Å²) in [5.74, 6) is 0. The van der Waals surface area contributed by atoms with Crippen LogP contribution < -0.4 is 10.5 Å². The molecular formula is C7H12N4O2S2. The van der Waals surface area contributed by atoms with Gasteiger partial charge in [-0.3, -0.25) is 0 Å². The van der Waals surface area contributed by atoms with Gasteiger partial charge in [0.1, 0.15) is 0 Å². The highest BCUT2D eigenvalue weighted by Crippen LogP contribution is 2.45. The van der Waals surface area contributed by atoms with E-state index in [1.165, 1.54) is 0 Å². The van der Waals surface area contributed by atoms with Gasteiger partial charge in [-0.25, -0.2) is 13.1 Å². The average molecular weight is 248 g/mol. The molecule has 1 aromatic rings. The summed E-state index contributed by atoms with van der Waals surface area (Å²) in [5.41, 5.74) is 5.37. The lowest BCUT2D eigenvalue weighted by atomic mass is 10.2. The van der Waals surface area contributed by atoms with Crippen molar-refractivity contribution in [1.29, 1.82) is 0 Å². The van der Waals surface area contributed by atoms with E-state index in [1.807, 2.05) is 13.8 Å². The fraction of sp³-hybridized carbons (Fsp3) is 0.714. The molecule has 0 aromatic carbocycles. The van der Waals surface area contributed by atoms with Gasteiger partial charge in [-0.15, -0.1) is 10.2 Å². The van der Waals surface area contributed by atoms with Gasteiger partial charge < -0.3 is 5.73 Å². The summed E-state index contributed by atoms with van der Waals surface area (Å²) < 4.78 is 26.0. The Morgan fingerprint density at radius 1 is 1.53 bits per heavy atom. The third-order valence-electron chi connectivity index (χ3n) is 2.46. The molecule has 1 fully saturated rings. The van der Waals surface area contributed by atoms with Crippen LogP contribution in [0.4, 0.5) is 5.13 Å². The number of anilines is 1. The van der Waals surface area contributed by atoms with Crippen LogP contribution in [0.15, 0.2) is 4.34 Å². The molecule has 1 aliphatic rings. The molecule has 1 aromatic heterocycles. The molecule has 6 nitrogen and oxygen atoms in total. The maximum absolute atomic E-state index is 11.7. The van der Waals surface area contributed by atoms with E-state index in [-0.39, 0.29) is 20.9 Å². The van der Waals surface area contributed by atoms with Crippen molar-refractivity contribution in [1.82, 2.24) is 14.9 Å². The average Bonchev–Trinajstić information content (AvgIpc) is 2.53. The van der Waals surface area contributed by atoms with Crippen molar-refractivity contribution in [3.05, 3.63) is 0 Å². The van der Waals surface area contributed by atoms with Crippen LogP contribution >= 0.6 is 11.3 Å². The summed E-state index contributed by atoms with van der Waals surface area (Å²) >= 11 is 0.870. The van der Waals surface area contributed by atoms with Gasteiger partial charge >= 0.3 is 0 Å². The van der Waals surface area contributed by atoms with Gasteiger partial charge in [0.05, 0.1) is 0 Å². The number of sulfonamides is 1. The monoisotopic (exact) mass is 248 g/mol. The molecule has 1 aliphatic carbocycles. The van der Waals surface area contributed by atoms with Gasteiger partial charge in [0.2, 0.25) is 9.47 Å². The van der Waals surface area contributed by atoms with Crippen molar-refractivity contribution in [2.45, 2.75) is 30.6 Å². The Labute approximate surface area is 91.9 Å². The third kappa shape index (κ3) is 2.11. The topological polar surface area (TPSA) is 98.0 Å². The first-order valence-electron chi connectivity index (χ1n) is 4.42. The van der Waals surface area contributed by atoms with Crippen LogP contribution in [0.2, 0.25) is 0 Å². The number of aromatic nitrogens is 2. The smallest absolute Gasteiger partial charge is 0.270 e. The number of hydrogen-bond donors (Lipinski definition) is 2. The van der Waals surface area contributed by atoms with Crippen LogP contribution in [0.5, 0.6) is 0 Å². The maximum atomic E-state index is 11.7. The van der Waals surface area contributed by atoms with Crippen molar-refractivity contribution in [3.8, 4) is 0 Å². The van der Waals surface area contributed by atoms with Crippen molar-refractivity contribution in [2.75, 3.05) is 5.73 Å². The third-order valence-corrected chi connectivity index (χ3v) is 5.05. The van der Waals surface area contributed by atoms with E-state index in [0.717, 1.165) is 17.8 Å². The van der Waals surface area contributed by atoms with E-state index >= 15 is 0 Å². The van der Waals surface area contributed by atoms with E-state index in [9.17, 15) is 8.42 Å². The van der Waals surface area contributed by atoms with Gasteiger partial charge in [-0.05, 0) is 11.8 Å². The highest BCUT2D eigenvalue weighted by molar-refractivity contribution is 7.91. The molecule has 8 heteroatoms. The summed E-state index contributed by atoms with van der Waals surface area (Å²) in [7, 11) is -3.53. The Morgan fingerprint density at radius 2 is 2.13 bits per heavy atom. The minimum atomic E-state index is -3.53. The zero-order chi connectivity index (χ0) is 11.3. The Balaban J connectivity index is 2.15. The van der Waals surface area contributed by atoms with Crippen LogP contribution in [-0.2, 0) is 10.0 Å². The standard InChI is InChI=1S/C7H12N4O2S2/c1-7(2)3-4(7)11-15(12,13)6-10-9-5(8)14-6/h4,11H,3H2,1-2H3,(H2,8,9). The van der Waals surface area contributed by atoms with E-state index in [4.69, 9.17) is 5.73 Å². The zero-order valence-corrected chi connectivity index (χ0v) is 10.0. The minimum Gasteiger partial charge on any atom is -0.374 e. The number of rotatable bonds is 3. The number of nitrogens with two attached hydrogens (primary N) is 1. The number of hydrogen-bond acceptors (Lipinski definition) is 6. The maximum Gasteiger partial charge on any atom is 0.270 e. The van der Waals surface area contributed by atoms with Crippen molar-refractivity contribution >= 4 is 26.5 Å². The molecule has 84 valence electrons. The molecule has 0 amide bonds. The molecule has 15 heavy (non-hydrogen) atoms. The molecule has 3 N–H and O–H groups in total. The van der Waals surface area contributed by atoms with Gasteiger partial charge in [0, 0.05) is 6.04 Å². The summed E-state index contributed by atoms with van der Waals surface area (Å²) in [6.45, 7) is 4.02. The van der Waals surface area contributed by atoms with Gasteiger partial charge in [0.15, 0.2) is 0 Å². The second-order valence-electron chi connectivity index (χ2n) is 4.27. The number of nitrogen functional groups attached to an aromatic ring is 1. The van der Waals surface area contributed by atoms with Crippen LogP contribution in [0.1, 0.15) is 20.3 Å². The van der Waals surface area contributed by atoms with E-state index < -0.39 is 10.0 Å². The molecule has 1 saturated carbocycles. The Kier molecular flexibility index (Phi) is 2.25. The second kappa shape index (κ2) is 3.13. The van der Waals surface area contributed by atoms with Crippen molar-refractivity contribution in [2.24, 2.45) is 5.41 Å². The van der Waals surface area contributed by atoms with E-state index in [0.29, 0.717) is 0 Å². The largest absolute Gasteiger partial charge is 0.374 e. The molecule has 1 unspecified atom stereocenters.